The fourth-order valence-corrected chi connectivity index (χ4v) is 2.53. The summed E-state index contributed by atoms with van der Waals surface area (Å²) in [5, 5.41) is 11.7. The number of hydrogen-bond acceptors (Lipinski definition) is 4. The molecule has 0 aliphatic heterocycles. The summed E-state index contributed by atoms with van der Waals surface area (Å²) in [6.45, 7) is 6.80. The lowest BCUT2D eigenvalue weighted by Gasteiger charge is -2.19. The number of nitrogens with one attached hydrogen (secondary N) is 1. The molecule has 0 aliphatic rings. The Morgan fingerprint density at radius 2 is 1.81 bits per heavy atom. The molecule has 0 bridgehead atoms. The van der Waals surface area contributed by atoms with Gasteiger partial charge in [0.25, 0.3) is 11.8 Å². The number of amides is 2. The molecule has 0 saturated heterocycles. The highest BCUT2D eigenvalue weighted by molar-refractivity contribution is 5.96. The maximum atomic E-state index is 12.3. The van der Waals surface area contributed by atoms with Crippen LogP contribution in [0.4, 0.5) is 5.69 Å². The van der Waals surface area contributed by atoms with E-state index in [4.69, 9.17) is 10.00 Å². The van der Waals surface area contributed by atoms with E-state index in [9.17, 15) is 9.59 Å². The van der Waals surface area contributed by atoms with Gasteiger partial charge in [-0.05, 0) is 63.2 Å². The van der Waals surface area contributed by atoms with Crippen LogP contribution in [0.3, 0.4) is 0 Å². The van der Waals surface area contributed by atoms with Crippen LogP contribution in [0.1, 0.15) is 36.7 Å². The first kappa shape index (κ1) is 20.0. The molecule has 6 heteroatoms. The van der Waals surface area contributed by atoms with Crippen LogP contribution in [-0.4, -0.2) is 35.9 Å². The monoisotopic (exact) mass is 365 g/mol. The van der Waals surface area contributed by atoms with E-state index in [0.717, 1.165) is 0 Å². The molecule has 1 unspecified atom stereocenters. The van der Waals surface area contributed by atoms with E-state index in [1.165, 1.54) is 0 Å². The van der Waals surface area contributed by atoms with E-state index in [-0.39, 0.29) is 11.8 Å². The minimum absolute atomic E-state index is 0.0352. The Kier molecular flexibility index (Phi) is 6.95. The van der Waals surface area contributed by atoms with Gasteiger partial charge in [-0.25, -0.2) is 0 Å². The Morgan fingerprint density at radius 3 is 2.41 bits per heavy atom. The zero-order valence-corrected chi connectivity index (χ0v) is 15.7. The maximum absolute atomic E-state index is 12.3. The Hall–Kier alpha value is -3.33. The van der Waals surface area contributed by atoms with Gasteiger partial charge < -0.3 is 15.0 Å². The highest BCUT2D eigenvalue weighted by atomic mass is 16.5. The lowest BCUT2D eigenvalue weighted by molar-refractivity contribution is -0.122. The van der Waals surface area contributed by atoms with Crippen LogP contribution in [-0.2, 0) is 4.79 Å². The van der Waals surface area contributed by atoms with Gasteiger partial charge in [-0.3, -0.25) is 9.59 Å². The van der Waals surface area contributed by atoms with Crippen molar-refractivity contribution in [3.05, 3.63) is 59.7 Å². The largest absolute Gasteiger partial charge is 0.481 e. The Labute approximate surface area is 159 Å². The summed E-state index contributed by atoms with van der Waals surface area (Å²) in [5.74, 6) is 0.101. The van der Waals surface area contributed by atoms with E-state index in [1.807, 2.05) is 19.9 Å². The molecule has 0 aromatic heterocycles. The van der Waals surface area contributed by atoms with Crippen molar-refractivity contribution in [1.29, 1.82) is 5.26 Å². The summed E-state index contributed by atoms with van der Waals surface area (Å²) in [6.07, 6.45) is -0.740. The first-order chi connectivity index (χ1) is 13.0. The molecule has 27 heavy (non-hydrogen) atoms. The zero-order chi connectivity index (χ0) is 19.8. The van der Waals surface area contributed by atoms with E-state index < -0.39 is 6.10 Å². The summed E-state index contributed by atoms with van der Waals surface area (Å²) in [6, 6.07) is 15.4. The second-order valence-corrected chi connectivity index (χ2v) is 5.94. The number of anilines is 1. The Bertz CT molecular complexity index is 836. The van der Waals surface area contributed by atoms with E-state index in [0.29, 0.717) is 35.7 Å². The number of carbonyl (C=O) groups is 2. The Morgan fingerprint density at radius 1 is 1.15 bits per heavy atom. The molecule has 6 nitrogen and oxygen atoms in total. The minimum Gasteiger partial charge on any atom is -0.481 e. The average Bonchev–Trinajstić information content (AvgIpc) is 2.69. The molecule has 0 spiro atoms. The summed E-state index contributed by atoms with van der Waals surface area (Å²) < 4.78 is 5.59. The topological polar surface area (TPSA) is 82.4 Å². The fraction of sp³-hybridized carbons (Fsp3) is 0.286. The van der Waals surface area contributed by atoms with E-state index in [1.54, 1.807) is 60.4 Å². The van der Waals surface area contributed by atoms with Gasteiger partial charge >= 0.3 is 0 Å². The van der Waals surface area contributed by atoms with Crippen molar-refractivity contribution in [3.8, 4) is 11.8 Å². The van der Waals surface area contributed by atoms with Crippen LogP contribution < -0.4 is 10.1 Å². The van der Waals surface area contributed by atoms with Gasteiger partial charge in [-0.1, -0.05) is 6.07 Å². The van der Waals surface area contributed by atoms with Crippen LogP contribution in [0, 0.1) is 11.3 Å². The van der Waals surface area contributed by atoms with Crippen LogP contribution in [0.5, 0.6) is 5.75 Å². The fourth-order valence-electron chi connectivity index (χ4n) is 2.53. The van der Waals surface area contributed by atoms with Crippen LogP contribution in [0.25, 0.3) is 0 Å². The molecule has 0 aliphatic carbocycles. The third-order valence-electron chi connectivity index (χ3n) is 4.10. The summed E-state index contributed by atoms with van der Waals surface area (Å²) in [5.41, 5.74) is 1.63. The zero-order valence-electron chi connectivity index (χ0n) is 15.7. The normalized spacial score (nSPS) is 11.2. The number of nitrogens with zero attached hydrogens (tertiary/aromatic N) is 2. The van der Waals surface area contributed by atoms with Crippen LogP contribution >= 0.6 is 0 Å². The van der Waals surface area contributed by atoms with E-state index in [2.05, 4.69) is 5.32 Å². The molecular weight excluding hydrogens is 342 g/mol. The standard InChI is InChI=1S/C21H23N3O3/c1-4-24(5-2)21(26)17-9-11-18(12-10-17)23-20(25)15(3)27-19-8-6-7-16(13-19)14-22/h6-13,15H,4-5H2,1-3H3,(H,23,25). The van der Waals surface area contributed by atoms with Gasteiger partial charge in [0.2, 0.25) is 0 Å². The number of carbonyl (C=O) groups excluding carboxylic acids is 2. The molecule has 0 radical (unpaired) electrons. The van der Waals surface area contributed by atoms with Crippen molar-refractivity contribution in [2.75, 3.05) is 18.4 Å². The predicted octanol–water partition coefficient (Wildman–Crippen LogP) is 3.45. The van der Waals surface area contributed by atoms with Gasteiger partial charge in [0.05, 0.1) is 11.6 Å². The van der Waals surface area contributed by atoms with Crippen molar-refractivity contribution in [2.24, 2.45) is 0 Å². The molecule has 0 saturated carbocycles. The number of nitriles is 1. The maximum Gasteiger partial charge on any atom is 0.265 e. The van der Waals surface area contributed by atoms with Crippen LogP contribution in [0.2, 0.25) is 0 Å². The molecule has 140 valence electrons. The van der Waals surface area contributed by atoms with Crippen molar-refractivity contribution in [1.82, 2.24) is 4.90 Å². The predicted molar refractivity (Wildman–Crippen MR) is 104 cm³/mol. The number of rotatable bonds is 7. The van der Waals surface area contributed by atoms with Gasteiger partial charge in [-0.15, -0.1) is 0 Å². The molecule has 2 rings (SSSR count). The quantitative estimate of drug-likeness (QED) is 0.815. The molecule has 2 aromatic rings. The molecule has 1 atom stereocenters. The lowest BCUT2D eigenvalue weighted by Crippen LogP contribution is -2.31. The van der Waals surface area contributed by atoms with Crippen molar-refractivity contribution in [3.63, 3.8) is 0 Å². The minimum atomic E-state index is -0.740. The molecule has 1 N–H and O–H groups in total. The summed E-state index contributed by atoms with van der Waals surface area (Å²) in [4.78, 5) is 26.3. The van der Waals surface area contributed by atoms with Crippen molar-refractivity contribution in [2.45, 2.75) is 26.9 Å². The van der Waals surface area contributed by atoms with Gasteiger partial charge in [0.15, 0.2) is 6.10 Å². The number of benzene rings is 2. The molecular formula is C21H23N3O3. The molecule has 0 fully saturated rings. The first-order valence-corrected chi connectivity index (χ1v) is 8.85. The van der Waals surface area contributed by atoms with E-state index >= 15 is 0 Å². The highest BCUT2D eigenvalue weighted by Crippen LogP contribution is 2.16. The smallest absolute Gasteiger partial charge is 0.265 e. The summed E-state index contributed by atoms with van der Waals surface area (Å²) >= 11 is 0. The van der Waals surface area contributed by atoms with Gasteiger partial charge in [0, 0.05) is 24.3 Å². The lowest BCUT2D eigenvalue weighted by atomic mass is 10.1. The number of ether oxygens (including phenoxy) is 1. The second kappa shape index (κ2) is 9.39. The highest BCUT2D eigenvalue weighted by Gasteiger charge is 2.16. The second-order valence-electron chi connectivity index (χ2n) is 5.94. The average molecular weight is 365 g/mol. The molecule has 2 amide bonds. The third kappa shape index (κ3) is 5.32. The van der Waals surface area contributed by atoms with Crippen molar-refractivity contribution < 1.29 is 14.3 Å². The molecule has 0 heterocycles. The van der Waals surface area contributed by atoms with Crippen LogP contribution in [0.15, 0.2) is 48.5 Å². The first-order valence-electron chi connectivity index (χ1n) is 8.85. The van der Waals surface area contributed by atoms with Crippen molar-refractivity contribution >= 4 is 17.5 Å². The SMILES string of the molecule is CCN(CC)C(=O)c1ccc(NC(=O)C(C)Oc2cccc(C#N)c2)cc1. The summed E-state index contributed by atoms with van der Waals surface area (Å²) in [7, 11) is 0. The third-order valence-corrected chi connectivity index (χ3v) is 4.10. The number of hydrogen-bond donors (Lipinski definition) is 1. The van der Waals surface area contributed by atoms with Gasteiger partial charge in [-0.2, -0.15) is 5.26 Å². The Balaban J connectivity index is 1.98. The van der Waals surface area contributed by atoms with Gasteiger partial charge in [0.1, 0.15) is 5.75 Å². The molecule has 2 aromatic carbocycles.